The van der Waals surface area contributed by atoms with Crippen LogP contribution in [0.4, 0.5) is 11.4 Å². The minimum atomic E-state index is 0. The average Bonchev–Trinajstić information content (AvgIpc) is 2.55. The van der Waals surface area contributed by atoms with Crippen LogP contribution in [-0.2, 0) is 0 Å². The first-order valence-corrected chi connectivity index (χ1v) is 7.46. The Balaban J connectivity index is 0.00000156. The zero-order valence-corrected chi connectivity index (χ0v) is 15.5. The maximum absolute atomic E-state index is 7.88. The molecule has 0 saturated heterocycles. The molecule has 3 rings (SSSR count). The monoisotopic (exact) mass is 373 g/mol. The molecule has 0 aromatic heterocycles. The molecule has 0 aliphatic heterocycles. The SMILES string of the molecule is CC1=CC(=C(c2ccc(N)cc2)c2ccc(N)cc2)C=CC1=N.Cl.Cl. The van der Waals surface area contributed by atoms with Gasteiger partial charge in [0.25, 0.3) is 0 Å². The highest BCUT2D eigenvalue weighted by Gasteiger charge is 2.12. The molecular formula is C20H21Cl2N3. The Labute approximate surface area is 160 Å². The van der Waals surface area contributed by atoms with E-state index in [0.717, 1.165) is 39.2 Å². The molecule has 0 amide bonds. The van der Waals surface area contributed by atoms with Gasteiger partial charge in [0.2, 0.25) is 0 Å². The van der Waals surface area contributed by atoms with E-state index >= 15 is 0 Å². The summed E-state index contributed by atoms with van der Waals surface area (Å²) in [6, 6.07) is 15.7. The van der Waals surface area contributed by atoms with Crippen LogP contribution < -0.4 is 11.5 Å². The average molecular weight is 374 g/mol. The van der Waals surface area contributed by atoms with Gasteiger partial charge in [0.15, 0.2) is 0 Å². The Morgan fingerprint density at radius 2 is 1.20 bits per heavy atom. The normalized spacial score (nSPS) is 12.8. The number of allylic oxidation sites excluding steroid dienone is 5. The maximum atomic E-state index is 7.88. The quantitative estimate of drug-likeness (QED) is 0.645. The Bertz CT molecular complexity index is 798. The number of nitrogens with one attached hydrogen (secondary N) is 1. The van der Waals surface area contributed by atoms with Crippen LogP contribution in [0.15, 0.2) is 77.9 Å². The van der Waals surface area contributed by atoms with Crippen molar-refractivity contribution in [3.05, 3.63) is 89.0 Å². The molecule has 1 aliphatic carbocycles. The molecule has 0 heterocycles. The summed E-state index contributed by atoms with van der Waals surface area (Å²) in [7, 11) is 0. The molecular weight excluding hydrogens is 353 g/mol. The Morgan fingerprint density at radius 3 is 1.60 bits per heavy atom. The Hall–Kier alpha value is -2.49. The summed E-state index contributed by atoms with van der Waals surface area (Å²) >= 11 is 0. The van der Waals surface area contributed by atoms with Gasteiger partial charge in [0.05, 0.1) is 5.71 Å². The fourth-order valence-corrected chi connectivity index (χ4v) is 2.62. The van der Waals surface area contributed by atoms with Crippen LogP contribution >= 0.6 is 24.8 Å². The minimum absolute atomic E-state index is 0. The second-order valence-corrected chi connectivity index (χ2v) is 5.65. The van der Waals surface area contributed by atoms with E-state index in [1.807, 2.05) is 73.7 Å². The number of halogens is 2. The molecule has 0 saturated carbocycles. The first-order chi connectivity index (χ1) is 11.0. The van der Waals surface area contributed by atoms with Crippen LogP contribution in [0.25, 0.3) is 5.57 Å². The second kappa shape index (κ2) is 8.56. The van der Waals surface area contributed by atoms with Crippen LogP contribution in [-0.4, -0.2) is 5.71 Å². The highest BCUT2D eigenvalue weighted by atomic mass is 35.5. The van der Waals surface area contributed by atoms with Gasteiger partial charge in [-0.05, 0) is 71.2 Å². The van der Waals surface area contributed by atoms with Crippen molar-refractivity contribution in [1.82, 2.24) is 0 Å². The van der Waals surface area contributed by atoms with Gasteiger partial charge in [-0.25, -0.2) is 0 Å². The molecule has 25 heavy (non-hydrogen) atoms. The first-order valence-electron chi connectivity index (χ1n) is 7.46. The fraction of sp³-hybridized carbons (Fsp3) is 0.0500. The highest BCUT2D eigenvalue weighted by molar-refractivity contribution is 6.08. The molecule has 130 valence electrons. The van der Waals surface area contributed by atoms with E-state index in [1.165, 1.54) is 0 Å². The molecule has 0 unspecified atom stereocenters. The second-order valence-electron chi connectivity index (χ2n) is 5.65. The zero-order valence-electron chi connectivity index (χ0n) is 13.8. The summed E-state index contributed by atoms with van der Waals surface area (Å²) in [6.45, 7) is 1.95. The van der Waals surface area contributed by atoms with E-state index in [4.69, 9.17) is 16.9 Å². The van der Waals surface area contributed by atoms with Gasteiger partial charge < -0.3 is 16.9 Å². The first kappa shape index (κ1) is 20.6. The minimum Gasteiger partial charge on any atom is -0.399 e. The predicted octanol–water partition coefficient (Wildman–Crippen LogP) is 5.03. The largest absolute Gasteiger partial charge is 0.399 e. The van der Waals surface area contributed by atoms with Crippen molar-refractivity contribution in [2.45, 2.75) is 6.92 Å². The highest BCUT2D eigenvalue weighted by Crippen LogP contribution is 2.31. The van der Waals surface area contributed by atoms with Gasteiger partial charge in [0, 0.05) is 11.4 Å². The molecule has 5 heteroatoms. The maximum Gasteiger partial charge on any atom is 0.0569 e. The van der Waals surface area contributed by atoms with Crippen molar-refractivity contribution in [2.75, 3.05) is 11.5 Å². The van der Waals surface area contributed by atoms with E-state index in [1.54, 1.807) is 0 Å². The van der Waals surface area contributed by atoms with Crippen molar-refractivity contribution < 1.29 is 0 Å². The Kier molecular flexibility index (Phi) is 7.04. The number of hydrogen-bond acceptors (Lipinski definition) is 3. The van der Waals surface area contributed by atoms with E-state index in [9.17, 15) is 0 Å². The molecule has 2 aromatic rings. The third kappa shape index (κ3) is 4.53. The standard InChI is InChI=1S/C20H19N3.2ClH/c1-13-12-16(6-11-19(13)23)20(14-2-7-17(21)8-3-14)15-4-9-18(22)10-5-15;;/h2-12,23H,21-22H2,1H3;2*1H. The molecule has 0 fully saturated rings. The molecule has 1 aliphatic rings. The molecule has 0 spiro atoms. The van der Waals surface area contributed by atoms with Gasteiger partial charge in [-0.15, -0.1) is 24.8 Å². The van der Waals surface area contributed by atoms with E-state index in [-0.39, 0.29) is 24.8 Å². The van der Waals surface area contributed by atoms with Crippen LogP contribution in [0, 0.1) is 5.41 Å². The summed E-state index contributed by atoms with van der Waals surface area (Å²) in [4.78, 5) is 0. The number of nitrogen functional groups attached to an aromatic ring is 2. The van der Waals surface area contributed by atoms with Crippen LogP contribution in [0.5, 0.6) is 0 Å². The molecule has 0 bridgehead atoms. The van der Waals surface area contributed by atoms with Crippen molar-refractivity contribution in [2.24, 2.45) is 0 Å². The van der Waals surface area contributed by atoms with Gasteiger partial charge in [-0.3, -0.25) is 0 Å². The third-order valence-electron chi connectivity index (χ3n) is 3.91. The summed E-state index contributed by atoms with van der Waals surface area (Å²) in [6.07, 6.45) is 5.86. The number of nitrogens with two attached hydrogens (primary N) is 2. The number of anilines is 2. The lowest BCUT2D eigenvalue weighted by atomic mass is 9.89. The van der Waals surface area contributed by atoms with Crippen LogP contribution in [0.1, 0.15) is 18.1 Å². The third-order valence-corrected chi connectivity index (χ3v) is 3.91. The predicted molar refractivity (Wildman–Crippen MR) is 113 cm³/mol. The van der Waals surface area contributed by atoms with Crippen molar-refractivity contribution in [3.63, 3.8) is 0 Å². The zero-order chi connectivity index (χ0) is 16.4. The van der Waals surface area contributed by atoms with Crippen molar-refractivity contribution >= 4 is 47.5 Å². The number of hydrogen-bond donors (Lipinski definition) is 3. The van der Waals surface area contributed by atoms with E-state index in [0.29, 0.717) is 5.71 Å². The molecule has 2 aromatic carbocycles. The lowest BCUT2D eigenvalue weighted by molar-refractivity contribution is 1.41. The molecule has 0 radical (unpaired) electrons. The molecule has 5 N–H and O–H groups in total. The van der Waals surface area contributed by atoms with Crippen LogP contribution in [0.3, 0.4) is 0 Å². The summed E-state index contributed by atoms with van der Waals surface area (Å²) < 4.78 is 0. The lowest BCUT2D eigenvalue weighted by Gasteiger charge is -2.16. The van der Waals surface area contributed by atoms with E-state index in [2.05, 4.69) is 0 Å². The number of rotatable bonds is 2. The summed E-state index contributed by atoms with van der Waals surface area (Å²) in [5.74, 6) is 0. The van der Waals surface area contributed by atoms with Crippen LogP contribution in [0.2, 0.25) is 0 Å². The van der Waals surface area contributed by atoms with E-state index < -0.39 is 0 Å². The Morgan fingerprint density at radius 1 is 0.760 bits per heavy atom. The topological polar surface area (TPSA) is 75.9 Å². The smallest absolute Gasteiger partial charge is 0.0569 e. The fourth-order valence-electron chi connectivity index (χ4n) is 2.62. The van der Waals surface area contributed by atoms with Crippen molar-refractivity contribution in [1.29, 1.82) is 5.41 Å². The lowest BCUT2D eigenvalue weighted by Crippen LogP contribution is -2.01. The van der Waals surface area contributed by atoms with Gasteiger partial charge in [-0.1, -0.05) is 30.3 Å². The van der Waals surface area contributed by atoms with Gasteiger partial charge in [-0.2, -0.15) is 0 Å². The molecule has 3 nitrogen and oxygen atoms in total. The summed E-state index contributed by atoms with van der Waals surface area (Å²) in [5.41, 5.74) is 19.0. The van der Waals surface area contributed by atoms with Crippen molar-refractivity contribution in [3.8, 4) is 0 Å². The van der Waals surface area contributed by atoms with Gasteiger partial charge >= 0.3 is 0 Å². The number of benzene rings is 2. The summed E-state index contributed by atoms with van der Waals surface area (Å²) in [5, 5.41) is 7.88. The van der Waals surface area contributed by atoms with Gasteiger partial charge in [0.1, 0.15) is 0 Å². The molecule has 0 atom stereocenters.